The van der Waals surface area contributed by atoms with Gasteiger partial charge in [-0.2, -0.15) is 14.4 Å². The van der Waals surface area contributed by atoms with E-state index in [1.807, 2.05) is 13.1 Å². The van der Waals surface area contributed by atoms with Crippen LogP contribution in [0.4, 0.5) is 10.2 Å². The number of hydrogen-bond donors (Lipinski definition) is 1. The lowest BCUT2D eigenvalue weighted by Gasteiger charge is -2.43. The third-order valence-corrected chi connectivity index (χ3v) is 16.5. The minimum Gasteiger partial charge on any atom is -0.413 e. The molecule has 1 aliphatic rings. The van der Waals surface area contributed by atoms with Crippen molar-refractivity contribution in [2.75, 3.05) is 12.3 Å². The predicted octanol–water partition coefficient (Wildman–Crippen LogP) is 5.25. The summed E-state index contributed by atoms with van der Waals surface area (Å²) in [5.74, 6) is 2.56. The summed E-state index contributed by atoms with van der Waals surface area (Å²) >= 11 is 0. The Kier molecular flexibility index (Phi) is 6.33. The van der Waals surface area contributed by atoms with E-state index in [0.717, 1.165) is 0 Å². The molecule has 1 saturated heterocycles. The number of halogens is 1. The number of fused-ring (bicyclic) bond motifs is 1. The van der Waals surface area contributed by atoms with Crippen molar-refractivity contribution in [3.8, 4) is 12.3 Å². The van der Waals surface area contributed by atoms with Gasteiger partial charge in [0.1, 0.15) is 6.23 Å². The maximum Gasteiger partial charge on any atom is 0.312 e. The van der Waals surface area contributed by atoms with Crippen LogP contribution < -0.4 is 5.73 Å². The van der Waals surface area contributed by atoms with E-state index >= 15 is 0 Å². The summed E-state index contributed by atoms with van der Waals surface area (Å²) < 4.78 is 53.5. The van der Waals surface area contributed by atoms with Gasteiger partial charge in [0.15, 0.2) is 39.2 Å². The molecule has 8 nitrogen and oxygen atoms in total. The normalized spacial score (nSPS) is 26.5. The number of rotatable bonds is 6. The first-order valence-electron chi connectivity index (χ1n) is 12.7. The molecule has 0 aromatic carbocycles. The summed E-state index contributed by atoms with van der Waals surface area (Å²) in [6.45, 7) is 20.7. The Morgan fingerprint density at radius 2 is 1.83 bits per heavy atom. The van der Waals surface area contributed by atoms with Gasteiger partial charge in [0.2, 0.25) is 0 Å². The van der Waals surface area contributed by atoms with E-state index in [1.165, 1.54) is 10.9 Å². The molecule has 194 valence electrons. The highest BCUT2D eigenvalue weighted by Crippen LogP contribution is 2.46. The average molecular weight is 524 g/mol. The number of nitrogens with two attached hydrogens (primary N) is 1. The number of aromatic nitrogens is 4. The number of hydrogen-bond acceptors (Lipinski definition) is 7. The lowest BCUT2D eigenvalue weighted by Crippen LogP contribution is -2.54. The van der Waals surface area contributed by atoms with E-state index in [-0.39, 0.29) is 33.7 Å². The summed E-state index contributed by atoms with van der Waals surface area (Å²) in [4.78, 5) is 11.5. The lowest BCUT2D eigenvalue weighted by atomic mass is 9.99. The third kappa shape index (κ3) is 5.18. The van der Waals surface area contributed by atoms with Crippen molar-refractivity contribution in [3.05, 3.63) is 12.4 Å². The van der Waals surface area contributed by atoms with Crippen LogP contribution >= 0.6 is 0 Å². The average Bonchev–Trinajstić information content (AvgIpc) is 3.23. The first kappa shape index (κ1) is 24.8. The van der Waals surface area contributed by atoms with E-state index in [2.05, 4.69) is 75.5 Å². The monoisotopic (exact) mass is 523 g/mol. The highest BCUT2D eigenvalue weighted by molar-refractivity contribution is 6.74. The van der Waals surface area contributed by atoms with Gasteiger partial charge in [-0.25, -0.2) is 4.98 Å². The van der Waals surface area contributed by atoms with Crippen molar-refractivity contribution in [1.29, 1.82) is 0 Å². The summed E-state index contributed by atoms with van der Waals surface area (Å²) in [6, 6.07) is 0. The lowest BCUT2D eigenvalue weighted by molar-refractivity contribution is -0.0838. The maximum absolute atomic E-state index is 14.1. The summed E-state index contributed by atoms with van der Waals surface area (Å²) in [7, 11) is -4.85. The summed E-state index contributed by atoms with van der Waals surface area (Å²) in [5.41, 5.74) is 4.42. The number of ether oxygens (including phenoxy) is 1. The van der Waals surface area contributed by atoms with Crippen LogP contribution in [-0.2, 0) is 13.6 Å². The van der Waals surface area contributed by atoms with E-state index in [9.17, 15) is 7.13 Å². The second-order valence-electron chi connectivity index (χ2n) is 12.2. The topological polar surface area (TPSA) is 97.3 Å². The number of nitrogen functional groups attached to an aromatic ring is 1. The van der Waals surface area contributed by atoms with E-state index in [1.54, 1.807) is 0 Å². The van der Waals surface area contributed by atoms with Gasteiger partial charge in [0, 0.05) is 9.11 Å². The molecule has 2 aromatic rings. The minimum atomic E-state index is -2.55. The fourth-order valence-corrected chi connectivity index (χ4v) is 5.35. The fourth-order valence-electron chi connectivity index (χ4n) is 3.14. The molecule has 0 bridgehead atoms. The second-order valence-corrected chi connectivity index (χ2v) is 21.7. The van der Waals surface area contributed by atoms with Crippen LogP contribution in [0.5, 0.6) is 0 Å². The molecule has 1 fully saturated rings. The quantitative estimate of drug-likeness (QED) is 0.314. The Bertz CT molecular complexity index is 1220. The zero-order valence-electron chi connectivity index (χ0n) is 24.5. The first-order chi connectivity index (χ1) is 16.6. The number of imidazole rings is 1. The first-order valence-corrected chi connectivity index (χ1v) is 17.5. The van der Waals surface area contributed by atoms with Crippen molar-refractivity contribution >= 4 is 33.6 Å². The van der Waals surface area contributed by atoms with Crippen LogP contribution in [0.2, 0.25) is 36.3 Å². The fraction of sp³-hybridized carbons (Fsp3) is 0.708. The zero-order chi connectivity index (χ0) is 28.4. The molecule has 0 radical (unpaired) electrons. The smallest absolute Gasteiger partial charge is 0.312 e. The number of terminal acetylenes is 1. The van der Waals surface area contributed by atoms with Crippen molar-refractivity contribution < 1.29 is 20.7 Å². The zero-order valence-corrected chi connectivity index (χ0v) is 24.5. The third-order valence-electron chi connectivity index (χ3n) is 7.63. The minimum absolute atomic E-state index is 0.00286. The maximum atomic E-state index is 14.1. The molecule has 0 aliphatic carbocycles. The molecule has 3 heterocycles. The van der Waals surface area contributed by atoms with Crippen LogP contribution in [0, 0.1) is 18.4 Å². The van der Waals surface area contributed by atoms with Gasteiger partial charge >= 0.3 is 6.08 Å². The SMILES string of the molecule is [2H]C1([2H])[C@H](n2cnc3c(N)nc(F)nc32)O[C@](C#C)(CO[Si](C)(C)C(C)(C)C)[C@H]1O[Si](C)(C)C(C)(C)C. The Hall–Kier alpha value is -1.85. The molecule has 11 heteroatoms. The summed E-state index contributed by atoms with van der Waals surface area (Å²) in [5, 5.41) is -0.337. The van der Waals surface area contributed by atoms with Crippen molar-refractivity contribution in [3.63, 3.8) is 0 Å². The van der Waals surface area contributed by atoms with Crippen molar-refractivity contribution in [1.82, 2.24) is 19.5 Å². The molecule has 3 atom stereocenters. The predicted molar refractivity (Wildman–Crippen MR) is 141 cm³/mol. The van der Waals surface area contributed by atoms with Gasteiger partial charge in [-0.3, -0.25) is 4.57 Å². The Morgan fingerprint density at radius 1 is 1.23 bits per heavy atom. The van der Waals surface area contributed by atoms with E-state index in [4.69, 9.17) is 25.7 Å². The second kappa shape index (κ2) is 8.92. The standard InChI is InChI=1S/C24H40FN5O3Si2/c1-12-24(14-31-34(8,9)22(2,3)4)16(33-35(10,11)23(5,6)7)13-17(32-24)30-15-27-18-19(26)28-21(25)29-20(18)30/h1,15-17H,13-14H2,2-11H3,(H2,26,28,29)/t16-,17+,24+/m0/s1/i13D2. The molecule has 1 aliphatic heterocycles. The van der Waals surface area contributed by atoms with E-state index in [0.29, 0.717) is 0 Å². The van der Waals surface area contributed by atoms with Crippen LogP contribution in [-0.4, -0.2) is 54.5 Å². The Balaban J connectivity index is 2.17. The largest absolute Gasteiger partial charge is 0.413 e. The molecular formula is C24H40FN5O3Si2. The van der Waals surface area contributed by atoms with Crippen molar-refractivity contribution in [2.45, 2.75) is 102 Å². The van der Waals surface area contributed by atoms with Gasteiger partial charge in [0.05, 0.1) is 19.0 Å². The van der Waals surface area contributed by atoms with Gasteiger partial charge < -0.3 is 19.3 Å². The Labute approximate surface area is 213 Å². The number of anilines is 1. The van der Waals surface area contributed by atoms with Crippen LogP contribution in [0.1, 0.15) is 56.9 Å². The number of nitrogens with zero attached hydrogens (tertiary/aromatic N) is 4. The molecule has 35 heavy (non-hydrogen) atoms. The van der Waals surface area contributed by atoms with E-state index < -0.39 is 47.0 Å². The molecule has 0 unspecified atom stereocenters. The molecule has 2 N–H and O–H groups in total. The molecule has 0 saturated carbocycles. The molecule has 3 rings (SSSR count). The molecular weight excluding hydrogens is 481 g/mol. The van der Waals surface area contributed by atoms with Crippen LogP contribution in [0.3, 0.4) is 0 Å². The highest BCUT2D eigenvalue weighted by Gasteiger charge is 2.54. The Morgan fingerprint density at radius 3 is 2.37 bits per heavy atom. The molecule has 0 amide bonds. The highest BCUT2D eigenvalue weighted by atomic mass is 28.4. The van der Waals surface area contributed by atoms with Gasteiger partial charge in [-0.05, 0) is 36.3 Å². The van der Waals surface area contributed by atoms with Gasteiger partial charge in [-0.15, -0.1) is 6.42 Å². The molecule has 0 spiro atoms. The van der Waals surface area contributed by atoms with Crippen LogP contribution in [0.25, 0.3) is 11.2 Å². The van der Waals surface area contributed by atoms with Crippen molar-refractivity contribution in [2.24, 2.45) is 0 Å². The van der Waals surface area contributed by atoms with Gasteiger partial charge in [-0.1, -0.05) is 47.5 Å². The molecule has 2 aromatic heterocycles. The van der Waals surface area contributed by atoms with Crippen LogP contribution in [0.15, 0.2) is 6.33 Å². The van der Waals surface area contributed by atoms with Gasteiger partial charge in [0.25, 0.3) is 0 Å². The summed E-state index contributed by atoms with van der Waals surface area (Å²) in [6.07, 6.45) is 1.70.